The van der Waals surface area contributed by atoms with Crippen molar-refractivity contribution in [1.82, 2.24) is 5.32 Å². The molecule has 0 radical (unpaired) electrons. The predicted molar refractivity (Wildman–Crippen MR) is 82.6 cm³/mol. The average molecular weight is 338 g/mol. The highest BCUT2D eigenvalue weighted by atomic mass is 79.9. The third kappa shape index (κ3) is 3.38. The summed E-state index contributed by atoms with van der Waals surface area (Å²) in [4.78, 5) is 0. The van der Waals surface area contributed by atoms with Gasteiger partial charge in [-0.2, -0.15) is 0 Å². The number of ether oxygens (including phenoxy) is 1. The van der Waals surface area contributed by atoms with Crippen molar-refractivity contribution in [2.75, 3.05) is 14.2 Å². The first-order chi connectivity index (χ1) is 9.65. The Bertz CT molecular complexity index is 588. The number of rotatable bonds is 5. The molecule has 1 unspecified atom stereocenters. The first kappa shape index (κ1) is 15.0. The maximum Gasteiger partial charge on any atom is 0.126 e. The number of likely N-dealkylation sites (N-methyl/N-ethyl adjacent to an activating group) is 1. The summed E-state index contributed by atoms with van der Waals surface area (Å²) in [5, 5.41) is 3.23. The third-order valence-corrected chi connectivity index (χ3v) is 3.79. The second-order valence-corrected chi connectivity index (χ2v) is 5.44. The molecule has 0 aromatic heterocycles. The maximum absolute atomic E-state index is 13.8. The van der Waals surface area contributed by atoms with Crippen molar-refractivity contribution >= 4 is 15.9 Å². The van der Waals surface area contributed by atoms with Gasteiger partial charge in [-0.25, -0.2) is 4.39 Å². The van der Waals surface area contributed by atoms with E-state index in [-0.39, 0.29) is 11.9 Å². The highest BCUT2D eigenvalue weighted by Crippen LogP contribution is 2.30. The molecule has 0 aliphatic heterocycles. The number of halogens is 2. The first-order valence-electron chi connectivity index (χ1n) is 6.39. The normalized spacial score (nSPS) is 12.2. The van der Waals surface area contributed by atoms with Gasteiger partial charge in [-0.05, 0) is 43.3 Å². The fraction of sp³-hybridized carbons (Fsp3) is 0.250. The standard InChI is InChI=1S/C16H17BrFNO/c1-19-15(9-11-5-3-4-6-14(11)18)13-10-12(17)7-8-16(13)20-2/h3-8,10,15,19H,9H2,1-2H3. The molecule has 20 heavy (non-hydrogen) atoms. The molecule has 2 rings (SSSR count). The fourth-order valence-electron chi connectivity index (χ4n) is 2.23. The van der Waals surface area contributed by atoms with Crippen LogP contribution in [-0.4, -0.2) is 14.2 Å². The van der Waals surface area contributed by atoms with Gasteiger partial charge in [0.25, 0.3) is 0 Å². The van der Waals surface area contributed by atoms with Gasteiger partial charge in [0.2, 0.25) is 0 Å². The summed E-state index contributed by atoms with van der Waals surface area (Å²) in [5.74, 6) is 0.616. The van der Waals surface area contributed by atoms with Gasteiger partial charge in [0.05, 0.1) is 7.11 Å². The summed E-state index contributed by atoms with van der Waals surface area (Å²) in [6.07, 6.45) is 0.565. The number of methoxy groups -OCH3 is 1. The SMILES string of the molecule is CNC(Cc1ccccc1F)c1cc(Br)ccc1OC. The number of hydrogen-bond donors (Lipinski definition) is 1. The number of nitrogens with one attached hydrogen (secondary N) is 1. The molecule has 2 aromatic rings. The van der Waals surface area contributed by atoms with Crippen LogP contribution in [-0.2, 0) is 6.42 Å². The molecule has 0 fully saturated rings. The van der Waals surface area contributed by atoms with Crippen LogP contribution < -0.4 is 10.1 Å². The van der Waals surface area contributed by atoms with E-state index in [1.807, 2.05) is 37.4 Å². The van der Waals surface area contributed by atoms with E-state index in [4.69, 9.17) is 4.74 Å². The van der Waals surface area contributed by atoms with Crippen molar-refractivity contribution < 1.29 is 9.13 Å². The molecule has 0 saturated carbocycles. The Morgan fingerprint density at radius 3 is 2.65 bits per heavy atom. The summed E-state index contributed by atoms with van der Waals surface area (Å²) in [7, 11) is 3.51. The second-order valence-electron chi connectivity index (χ2n) is 4.52. The zero-order chi connectivity index (χ0) is 14.5. The summed E-state index contributed by atoms with van der Waals surface area (Å²) in [5.41, 5.74) is 1.70. The topological polar surface area (TPSA) is 21.3 Å². The molecule has 0 spiro atoms. The van der Waals surface area contributed by atoms with Crippen LogP contribution in [0.25, 0.3) is 0 Å². The van der Waals surface area contributed by atoms with Crippen molar-refractivity contribution in [3.8, 4) is 5.75 Å². The van der Waals surface area contributed by atoms with Crippen LogP contribution in [0, 0.1) is 5.82 Å². The van der Waals surface area contributed by atoms with Crippen molar-refractivity contribution in [1.29, 1.82) is 0 Å². The molecule has 4 heteroatoms. The number of hydrogen-bond acceptors (Lipinski definition) is 2. The van der Waals surface area contributed by atoms with E-state index >= 15 is 0 Å². The van der Waals surface area contributed by atoms with Gasteiger partial charge in [0.15, 0.2) is 0 Å². The average Bonchev–Trinajstić information content (AvgIpc) is 2.46. The predicted octanol–water partition coefficient (Wildman–Crippen LogP) is 4.10. The second kappa shape index (κ2) is 6.86. The molecule has 0 aliphatic rings. The molecule has 1 N–H and O–H groups in total. The molecule has 0 saturated heterocycles. The van der Waals surface area contributed by atoms with Crippen LogP contribution in [0.5, 0.6) is 5.75 Å². The van der Waals surface area contributed by atoms with Gasteiger partial charge in [-0.1, -0.05) is 34.1 Å². The van der Waals surface area contributed by atoms with Crippen LogP contribution in [0.3, 0.4) is 0 Å². The van der Waals surface area contributed by atoms with Gasteiger partial charge in [0, 0.05) is 16.1 Å². The van der Waals surface area contributed by atoms with Crippen LogP contribution in [0.1, 0.15) is 17.2 Å². The van der Waals surface area contributed by atoms with Gasteiger partial charge < -0.3 is 10.1 Å². The Morgan fingerprint density at radius 1 is 1.25 bits per heavy atom. The van der Waals surface area contributed by atoms with Gasteiger partial charge in [-0.3, -0.25) is 0 Å². The Hall–Kier alpha value is -1.39. The van der Waals surface area contributed by atoms with E-state index in [0.29, 0.717) is 12.0 Å². The molecular formula is C16H17BrFNO. The maximum atomic E-state index is 13.8. The van der Waals surface area contributed by atoms with E-state index in [0.717, 1.165) is 15.8 Å². The first-order valence-corrected chi connectivity index (χ1v) is 7.19. The van der Waals surface area contributed by atoms with Gasteiger partial charge in [-0.15, -0.1) is 0 Å². The smallest absolute Gasteiger partial charge is 0.126 e. The van der Waals surface area contributed by atoms with Crippen LogP contribution in [0.4, 0.5) is 4.39 Å². The van der Waals surface area contributed by atoms with E-state index in [1.54, 1.807) is 13.2 Å². The van der Waals surface area contributed by atoms with Crippen molar-refractivity contribution in [2.45, 2.75) is 12.5 Å². The molecule has 1 atom stereocenters. The number of benzene rings is 2. The lowest BCUT2D eigenvalue weighted by molar-refractivity contribution is 0.400. The minimum Gasteiger partial charge on any atom is -0.496 e. The molecule has 0 heterocycles. The lowest BCUT2D eigenvalue weighted by Crippen LogP contribution is -2.20. The lowest BCUT2D eigenvalue weighted by atomic mass is 9.98. The van der Waals surface area contributed by atoms with E-state index in [9.17, 15) is 4.39 Å². The zero-order valence-corrected chi connectivity index (χ0v) is 13.1. The molecule has 2 aromatic carbocycles. The summed E-state index contributed by atoms with van der Waals surface area (Å²) in [6, 6.07) is 12.7. The van der Waals surface area contributed by atoms with E-state index in [1.165, 1.54) is 6.07 Å². The molecule has 0 aliphatic carbocycles. The van der Waals surface area contributed by atoms with Gasteiger partial charge >= 0.3 is 0 Å². The highest BCUT2D eigenvalue weighted by Gasteiger charge is 2.17. The molecular weight excluding hydrogens is 321 g/mol. The summed E-state index contributed by atoms with van der Waals surface area (Å²) >= 11 is 3.47. The Labute approximate surface area is 127 Å². The van der Waals surface area contributed by atoms with Crippen LogP contribution in [0.15, 0.2) is 46.9 Å². The lowest BCUT2D eigenvalue weighted by Gasteiger charge is -2.20. The van der Waals surface area contributed by atoms with Crippen molar-refractivity contribution in [3.63, 3.8) is 0 Å². The fourth-order valence-corrected chi connectivity index (χ4v) is 2.61. The van der Waals surface area contributed by atoms with Crippen molar-refractivity contribution in [3.05, 3.63) is 63.9 Å². The highest BCUT2D eigenvalue weighted by molar-refractivity contribution is 9.10. The Balaban J connectivity index is 2.33. The summed E-state index contributed by atoms with van der Waals surface area (Å²) < 4.78 is 20.2. The van der Waals surface area contributed by atoms with Crippen molar-refractivity contribution in [2.24, 2.45) is 0 Å². The molecule has 0 bridgehead atoms. The van der Waals surface area contributed by atoms with Crippen LogP contribution in [0.2, 0.25) is 0 Å². The zero-order valence-electron chi connectivity index (χ0n) is 11.5. The van der Waals surface area contributed by atoms with Crippen LogP contribution >= 0.6 is 15.9 Å². The molecule has 0 amide bonds. The quantitative estimate of drug-likeness (QED) is 0.886. The summed E-state index contributed by atoms with van der Waals surface area (Å²) in [6.45, 7) is 0. The third-order valence-electron chi connectivity index (χ3n) is 3.30. The van der Waals surface area contributed by atoms with E-state index < -0.39 is 0 Å². The van der Waals surface area contributed by atoms with Gasteiger partial charge in [0.1, 0.15) is 11.6 Å². The van der Waals surface area contributed by atoms with E-state index in [2.05, 4.69) is 21.2 Å². The largest absolute Gasteiger partial charge is 0.496 e. The Kier molecular flexibility index (Phi) is 5.15. The monoisotopic (exact) mass is 337 g/mol. The Morgan fingerprint density at radius 2 is 2.00 bits per heavy atom. The minimum atomic E-state index is -0.179. The molecule has 106 valence electrons. The molecule has 2 nitrogen and oxygen atoms in total. The minimum absolute atomic E-state index is 0.0145.